The van der Waals surface area contributed by atoms with Gasteiger partial charge in [-0.2, -0.15) is 0 Å². The highest BCUT2D eigenvalue weighted by atomic mass is 127. The summed E-state index contributed by atoms with van der Waals surface area (Å²) in [6.45, 7) is 6.11. The smallest absolute Gasteiger partial charge is 0.188 e. The van der Waals surface area contributed by atoms with Gasteiger partial charge in [0.05, 0.1) is 26.4 Å². The summed E-state index contributed by atoms with van der Waals surface area (Å²) in [5.41, 5.74) is 8.20. The number of nitrogens with two attached hydrogens (primary N) is 1. The minimum absolute atomic E-state index is 0. The largest absolute Gasteiger partial charge is 0.379 e. The average Bonchev–Trinajstić information content (AvgIpc) is 2.52. The van der Waals surface area contributed by atoms with E-state index >= 15 is 0 Å². The summed E-state index contributed by atoms with van der Waals surface area (Å²) in [7, 11) is 0. The molecule has 0 amide bonds. The summed E-state index contributed by atoms with van der Waals surface area (Å²) in [5, 5.41) is 3.21. The van der Waals surface area contributed by atoms with Gasteiger partial charge in [0.2, 0.25) is 0 Å². The Hall–Kier alpha value is -0.860. The van der Waals surface area contributed by atoms with E-state index in [9.17, 15) is 0 Å². The SMILES string of the molecule is CCOCCOCc1cccc(CN=C(N)NCC2CCC2)c1.I. The van der Waals surface area contributed by atoms with Crippen LogP contribution in [0.1, 0.15) is 37.3 Å². The number of halogens is 1. The Morgan fingerprint density at radius 2 is 2.00 bits per heavy atom. The molecule has 1 aliphatic carbocycles. The monoisotopic (exact) mass is 447 g/mol. The van der Waals surface area contributed by atoms with E-state index in [4.69, 9.17) is 15.2 Å². The molecule has 1 fully saturated rings. The van der Waals surface area contributed by atoms with Gasteiger partial charge >= 0.3 is 0 Å². The number of nitrogens with zero attached hydrogens (tertiary/aromatic N) is 1. The molecule has 1 aromatic rings. The molecule has 0 aliphatic heterocycles. The number of benzene rings is 1. The predicted octanol–water partition coefficient (Wildman–Crippen LogP) is 3.06. The van der Waals surface area contributed by atoms with Gasteiger partial charge < -0.3 is 20.5 Å². The molecule has 0 atom stereocenters. The molecule has 0 aromatic heterocycles. The minimum Gasteiger partial charge on any atom is -0.379 e. The van der Waals surface area contributed by atoms with Crippen LogP contribution in [0.5, 0.6) is 0 Å². The zero-order valence-electron chi connectivity index (χ0n) is 14.5. The number of guanidine groups is 1. The predicted molar refractivity (Wildman–Crippen MR) is 109 cm³/mol. The van der Waals surface area contributed by atoms with E-state index in [0.29, 0.717) is 32.3 Å². The van der Waals surface area contributed by atoms with Crippen LogP contribution in [0.3, 0.4) is 0 Å². The summed E-state index contributed by atoms with van der Waals surface area (Å²) < 4.78 is 10.8. The van der Waals surface area contributed by atoms with Crippen molar-refractivity contribution in [3.63, 3.8) is 0 Å². The highest BCUT2D eigenvalue weighted by Crippen LogP contribution is 2.24. The number of aliphatic imine (C=N–C) groups is 1. The van der Waals surface area contributed by atoms with Crippen LogP contribution in [0.15, 0.2) is 29.3 Å². The lowest BCUT2D eigenvalue weighted by Gasteiger charge is -2.25. The van der Waals surface area contributed by atoms with E-state index in [1.807, 2.05) is 13.0 Å². The van der Waals surface area contributed by atoms with Crippen LogP contribution in [-0.2, 0) is 22.6 Å². The van der Waals surface area contributed by atoms with E-state index in [1.165, 1.54) is 19.3 Å². The van der Waals surface area contributed by atoms with Gasteiger partial charge in [0.25, 0.3) is 0 Å². The first kappa shape index (κ1) is 21.2. The third kappa shape index (κ3) is 8.30. The third-order valence-corrected chi connectivity index (χ3v) is 4.06. The van der Waals surface area contributed by atoms with Gasteiger partial charge in [-0.3, -0.25) is 0 Å². The molecule has 24 heavy (non-hydrogen) atoms. The molecule has 3 N–H and O–H groups in total. The van der Waals surface area contributed by atoms with E-state index < -0.39 is 0 Å². The number of hydrogen-bond donors (Lipinski definition) is 2. The van der Waals surface area contributed by atoms with Crippen molar-refractivity contribution in [3.05, 3.63) is 35.4 Å². The zero-order chi connectivity index (χ0) is 16.3. The van der Waals surface area contributed by atoms with Crippen LogP contribution >= 0.6 is 24.0 Å². The first-order chi connectivity index (χ1) is 11.3. The number of ether oxygens (including phenoxy) is 2. The van der Waals surface area contributed by atoms with Gasteiger partial charge in [-0.1, -0.05) is 30.7 Å². The Morgan fingerprint density at radius 1 is 1.25 bits per heavy atom. The highest BCUT2D eigenvalue weighted by molar-refractivity contribution is 14.0. The van der Waals surface area contributed by atoms with Gasteiger partial charge in [-0.15, -0.1) is 24.0 Å². The van der Waals surface area contributed by atoms with Crippen molar-refractivity contribution < 1.29 is 9.47 Å². The molecule has 1 aromatic carbocycles. The molecular weight excluding hydrogens is 417 g/mol. The van der Waals surface area contributed by atoms with E-state index in [1.54, 1.807) is 0 Å². The van der Waals surface area contributed by atoms with Crippen LogP contribution < -0.4 is 11.1 Å². The summed E-state index contributed by atoms with van der Waals surface area (Å²) in [4.78, 5) is 4.41. The van der Waals surface area contributed by atoms with Crippen molar-refractivity contribution in [2.45, 2.75) is 39.3 Å². The second-order valence-electron chi connectivity index (χ2n) is 5.95. The van der Waals surface area contributed by atoms with Gasteiger partial charge in [0.15, 0.2) is 5.96 Å². The molecule has 0 heterocycles. The van der Waals surface area contributed by atoms with Crippen molar-refractivity contribution in [1.29, 1.82) is 0 Å². The Labute approximate surface area is 162 Å². The Balaban J connectivity index is 0.00000288. The second kappa shape index (κ2) is 12.5. The molecule has 136 valence electrons. The van der Waals surface area contributed by atoms with E-state index in [2.05, 4.69) is 28.5 Å². The second-order valence-corrected chi connectivity index (χ2v) is 5.95. The molecule has 1 saturated carbocycles. The van der Waals surface area contributed by atoms with Crippen LogP contribution in [0.2, 0.25) is 0 Å². The molecule has 0 saturated heterocycles. The van der Waals surface area contributed by atoms with Crippen molar-refractivity contribution in [2.75, 3.05) is 26.4 Å². The van der Waals surface area contributed by atoms with Crippen molar-refractivity contribution in [1.82, 2.24) is 5.32 Å². The summed E-state index contributed by atoms with van der Waals surface area (Å²) in [6, 6.07) is 8.27. The average molecular weight is 447 g/mol. The fourth-order valence-electron chi connectivity index (χ4n) is 2.45. The molecule has 6 heteroatoms. The molecule has 0 radical (unpaired) electrons. The maximum absolute atomic E-state index is 5.91. The molecular formula is C18H30IN3O2. The lowest BCUT2D eigenvalue weighted by Crippen LogP contribution is -2.37. The third-order valence-electron chi connectivity index (χ3n) is 4.06. The van der Waals surface area contributed by atoms with Gasteiger partial charge in [0, 0.05) is 13.2 Å². The zero-order valence-corrected chi connectivity index (χ0v) is 16.8. The maximum Gasteiger partial charge on any atom is 0.188 e. The topological polar surface area (TPSA) is 68.9 Å². The normalized spacial score (nSPS) is 14.8. The van der Waals surface area contributed by atoms with E-state index in [-0.39, 0.29) is 24.0 Å². The number of hydrogen-bond acceptors (Lipinski definition) is 3. The molecule has 1 aliphatic rings. The Kier molecular flexibility index (Phi) is 11.0. The van der Waals surface area contributed by atoms with Crippen LogP contribution in [0, 0.1) is 5.92 Å². The lowest BCUT2D eigenvalue weighted by molar-refractivity contribution is 0.0453. The van der Waals surface area contributed by atoms with Crippen LogP contribution in [-0.4, -0.2) is 32.3 Å². The first-order valence-corrected chi connectivity index (χ1v) is 8.55. The first-order valence-electron chi connectivity index (χ1n) is 8.55. The molecule has 2 rings (SSSR count). The molecule has 0 unspecified atom stereocenters. The fraction of sp³-hybridized carbons (Fsp3) is 0.611. The van der Waals surface area contributed by atoms with Gasteiger partial charge in [0.1, 0.15) is 0 Å². The van der Waals surface area contributed by atoms with Gasteiger partial charge in [-0.25, -0.2) is 4.99 Å². The Morgan fingerprint density at radius 3 is 2.71 bits per heavy atom. The molecule has 5 nitrogen and oxygen atoms in total. The summed E-state index contributed by atoms with van der Waals surface area (Å²) >= 11 is 0. The fourth-order valence-corrected chi connectivity index (χ4v) is 2.45. The number of nitrogens with one attached hydrogen (secondary N) is 1. The summed E-state index contributed by atoms with van der Waals surface area (Å²) in [6.07, 6.45) is 3.97. The summed E-state index contributed by atoms with van der Waals surface area (Å²) in [5.74, 6) is 1.32. The van der Waals surface area contributed by atoms with Crippen molar-refractivity contribution in [2.24, 2.45) is 16.6 Å². The maximum atomic E-state index is 5.91. The van der Waals surface area contributed by atoms with Gasteiger partial charge in [-0.05, 0) is 36.8 Å². The number of rotatable bonds is 10. The highest BCUT2D eigenvalue weighted by Gasteiger charge is 2.16. The van der Waals surface area contributed by atoms with Crippen molar-refractivity contribution in [3.8, 4) is 0 Å². The molecule has 0 spiro atoms. The molecule has 0 bridgehead atoms. The van der Waals surface area contributed by atoms with Crippen LogP contribution in [0.25, 0.3) is 0 Å². The lowest BCUT2D eigenvalue weighted by atomic mass is 9.85. The van der Waals surface area contributed by atoms with Crippen LogP contribution in [0.4, 0.5) is 0 Å². The standard InChI is InChI=1S/C18H29N3O2.HI/c1-2-22-9-10-23-14-17-8-4-7-16(11-17)13-21-18(19)20-12-15-5-3-6-15;/h4,7-8,11,15H,2-3,5-6,9-10,12-14H2,1H3,(H3,19,20,21);1H. The Bertz CT molecular complexity index is 493. The minimum atomic E-state index is 0. The van der Waals surface area contributed by atoms with Crippen molar-refractivity contribution >= 4 is 29.9 Å². The van der Waals surface area contributed by atoms with E-state index in [0.717, 1.165) is 30.2 Å². The quantitative estimate of drug-likeness (QED) is 0.250.